The van der Waals surface area contributed by atoms with Gasteiger partial charge in [0.05, 0.1) is 6.61 Å². The summed E-state index contributed by atoms with van der Waals surface area (Å²) in [4.78, 5) is 10.8. The quantitative estimate of drug-likeness (QED) is 0.607. The van der Waals surface area contributed by atoms with Crippen molar-refractivity contribution in [3.63, 3.8) is 0 Å². The predicted octanol–water partition coefficient (Wildman–Crippen LogP) is 0.465. The molecular weight excluding hydrogens is 193 g/mol. The van der Waals surface area contributed by atoms with Gasteiger partial charge in [-0.25, -0.2) is 4.79 Å². The van der Waals surface area contributed by atoms with Gasteiger partial charge in [0.25, 0.3) is 0 Å². The second kappa shape index (κ2) is 3.93. The van der Waals surface area contributed by atoms with E-state index in [1.165, 1.54) is 0 Å². The molecule has 1 aliphatic rings. The van der Waals surface area contributed by atoms with Gasteiger partial charge in [-0.05, 0) is 0 Å². The Morgan fingerprint density at radius 2 is 2.23 bits per heavy atom. The van der Waals surface area contributed by atoms with Gasteiger partial charge >= 0.3 is 12.1 Å². The highest BCUT2D eigenvalue weighted by Gasteiger charge is 2.33. The van der Waals surface area contributed by atoms with E-state index >= 15 is 0 Å². The Balaban J connectivity index is 2.25. The summed E-state index contributed by atoms with van der Waals surface area (Å²) in [6, 6.07) is 0. The largest absolute Gasteiger partial charge is 0.454 e. The van der Waals surface area contributed by atoms with Crippen molar-refractivity contribution in [1.29, 1.82) is 0 Å². The maximum absolute atomic E-state index is 11.6. The number of hydrogen-bond donors (Lipinski definition) is 0. The summed E-state index contributed by atoms with van der Waals surface area (Å²) in [6.07, 6.45) is -5.53. The van der Waals surface area contributed by atoms with Gasteiger partial charge in [0.1, 0.15) is 6.79 Å². The van der Waals surface area contributed by atoms with Crippen LogP contribution in [0.4, 0.5) is 13.2 Å². The lowest BCUT2D eigenvalue weighted by Gasteiger charge is -2.09. The average Bonchev–Trinajstić information content (AvgIpc) is 2.50. The smallest absolute Gasteiger partial charge is 0.422 e. The first kappa shape index (κ1) is 10.3. The van der Waals surface area contributed by atoms with Crippen molar-refractivity contribution in [3.05, 3.63) is 0 Å². The number of hydrogen-bond acceptors (Lipinski definition) is 4. The fourth-order valence-corrected chi connectivity index (χ4v) is 0.715. The van der Waals surface area contributed by atoms with E-state index in [4.69, 9.17) is 0 Å². The second-order valence-corrected chi connectivity index (χ2v) is 2.37. The van der Waals surface area contributed by atoms with E-state index in [2.05, 4.69) is 14.2 Å². The molecule has 4 nitrogen and oxygen atoms in total. The highest BCUT2D eigenvalue weighted by molar-refractivity contribution is 5.75. The molecule has 0 aliphatic carbocycles. The average molecular weight is 200 g/mol. The zero-order valence-electron chi connectivity index (χ0n) is 6.47. The summed E-state index contributed by atoms with van der Waals surface area (Å²) in [7, 11) is 0. The molecule has 0 radical (unpaired) electrons. The van der Waals surface area contributed by atoms with Crippen LogP contribution in [0.1, 0.15) is 0 Å². The number of ether oxygens (including phenoxy) is 3. The molecule has 0 aromatic carbocycles. The van der Waals surface area contributed by atoms with Gasteiger partial charge in [0.2, 0.25) is 0 Å². The maximum Gasteiger partial charge on any atom is 0.422 e. The third kappa shape index (κ3) is 3.60. The Kier molecular flexibility index (Phi) is 3.10. The Morgan fingerprint density at radius 3 is 2.69 bits per heavy atom. The molecule has 1 rings (SSSR count). The third-order valence-corrected chi connectivity index (χ3v) is 1.26. The SMILES string of the molecule is O=C(OCC(F)(F)F)C1COCO1. The zero-order chi connectivity index (χ0) is 9.90. The molecule has 0 N–H and O–H groups in total. The Bertz CT molecular complexity index is 185. The minimum Gasteiger partial charge on any atom is -0.454 e. The fraction of sp³-hybridized carbons (Fsp3) is 0.833. The van der Waals surface area contributed by atoms with E-state index < -0.39 is 24.9 Å². The zero-order valence-corrected chi connectivity index (χ0v) is 6.47. The van der Waals surface area contributed by atoms with Crippen LogP contribution in [-0.4, -0.2) is 38.3 Å². The first-order valence-corrected chi connectivity index (χ1v) is 3.42. The molecule has 76 valence electrons. The van der Waals surface area contributed by atoms with Crippen molar-refractivity contribution >= 4 is 5.97 Å². The second-order valence-electron chi connectivity index (χ2n) is 2.37. The van der Waals surface area contributed by atoms with Gasteiger partial charge < -0.3 is 14.2 Å². The lowest BCUT2D eigenvalue weighted by Crippen LogP contribution is -2.29. The van der Waals surface area contributed by atoms with Crippen LogP contribution in [0, 0.1) is 0 Å². The van der Waals surface area contributed by atoms with Crippen molar-refractivity contribution in [2.45, 2.75) is 12.3 Å². The molecule has 1 aliphatic heterocycles. The Morgan fingerprint density at radius 1 is 1.54 bits per heavy atom. The standard InChI is InChI=1S/C6H7F3O4/c7-6(8,9)2-12-5(10)4-1-11-3-13-4/h4H,1-3H2. The predicted molar refractivity (Wildman–Crippen MR) is 32.7 cm³/mol. The van der Waals surface area contributed by atoms with Crippen LogP contribution in [-0.2, 0) is 19.0 Å². The van der Waals surface area contributed by atoms with Gasteiger partial charge in [-0.1, -0.05) is 0 Å². The van der Waals surface area contributed by atoms with Crippen molar-refractivity contribution in [3.8, 4) is 0 Å². The first-order chi connectivity index (χ1) is 5.99. The molecule has 0 amide bonds. The minimum atomic E-state index is -4.50. The van der Waals surface area contributed by atoms with Crippen LogP contribution in [0.3, 0.4) is 0 Å². The van der Waals surface area contributed by atoms with Crippen molar-refractivity contribution in [2.24, 2.45) is 0 Å². The van der Waals surface area contributed by atoms with E-state index in [9.17, 15) is 18.0 Å². The number of halogens is 3. The van der Waals surface area contributed by atoms with Gasteiger partial charge in [0.15, 0.2) is 12.7 Å². The molecule has 0 aromatic rings. The molecule has 0 saturated carbocycles. The molecule has 0 bridgehead atoms. The summed E-state index contributed by atoms with van der Waals surface area (Å²) >= 11 is 0. The molecule has 0 spiro atoms. The maximum atomic E-state index is 11.6. The lowest BCUT2D eigenvalue weighted by molar-refractivity contribution is -0.191. The Hall–Kier alpha value is -0.820. The topological polar surface area (TPSA) is 44.8 Å². The van der Waals surface area contributed by atoms with E-state index in [-0.39, 0.29) is 13.4 Å². The number of esters is 1. The van der Waals surface area contributed by atoms with Gasteiger partial charge in [-0.3, -0.25) is 0 Å². The van der Waals surface area contributed by atoms with Gasteiger partial charge in [-0.2, -0.15) is 13.2 Å². The van der Waals surface area contributed by atoms with E-state index in [1.807, 2.05) is 0 Å². The fourth-order valence-electron chi connectivity index (χ4n) is 0.715. The number of rotatable bonds is 2. The highest BCUT2D eigenvalue weighted by atomic mass is 19.4. The van der Waals surface area contributed by atoms with Crippen LogP contribution in [0.5, 0.6) is 0 Å². The molecule has 0 aromatic heterocycles. The lowest BCUT2D eigenvalue weighted by atomic mass is 10.4. The minimum absolute atomic E-state index is 0.0588. The Labute approximate surface area is 71.6 Å². The van der Waals surface area contributed by atoms with Crippen molar-refractivity contribution < 1.29 is 32.2 Å². The molecule has 7 heteroatoms. The van der Waals surface area contributed by atoms with Crippen LogP contribution in [0.25, 0.3) is 0 Å². The number of carbonyl (C=O) groups is 1. The third-order valence-electron chi connectivity index (χ3n) is 1.26. The monoisotopic (exact) mass is 200 g/mol. The van der Waals surface area contributed by atoms with Crippen molar-refractivity contribution in [2.75, 3.05) is 20.0 Å². The first-order valence-electron chi connectivity index (χ1n) is 3.42. The van der Waals surface area contributed by atoms with Crippen LogP contribution in [0.15, 0.2) is 0 Å². The molecule has 1 atom stereocenters. The summed E-state index contributed by atoms with van der Waals surface area (Å²) in [6.45, 7) is -1.74. The molecule has 13 heavy (non-hydrogen) atoms. The molecule has 1 heterocycles. The molecule has 1 unspecified atom stereocenters. The van der Waals surface area contributed by atoms with Crippen molar-refractivity contribution in [1.82, 2.24) is 0 Å². The summed E-state index contributed by atoms with van der Waals surface area (Å²) < 4.78 is 47.8. The van der Waals surface area contributed by atoms with E-state index in [0.717, 1.165) is 0 Å². The number of alkyl halides is 3. The molecule has 1 fully saturated rings. The van der Waals surface area contributed by atoms with Crippen LogP contribution < -0.4 is 0 Å². The van der Waals surface area contributed by atoms with Gasteiger partial charge in [-0.15, -0.1) is 0 Å². The summed E-state index contributed by atoms with van der Waals surface area (Å²) in [5, 5.41) is 0. The van der Waals surface area contributed by atoms with Crippen LogP contribution >= 0.6 is 0 Å². The normalized spacial score (nSPS) is 23.2. The van der Waals surface area contributed by atoms with E-state index in [0.29, 0.717) is 0 Å². The summed E-state index contributed by atoms with van der Waals surface area (Å²) in [5.41, 5.74) is 0. The van der Waals surface area contributed by atoms with E-state index in [1.54, 1.807) is 0 Å². The van der Waals surface area contributed by atoms with Gasteiger partial charge in [0, 0.05) is 0 Å². The summed E-state index contributed by atoms with van der Waals surface area (Å²) in [5.74, 6) is -1.05. The van der Waals surface area contributed by atoms with Crippen LogP contribution in [0.2, 0.25) is 0 Å². The molecular formula is C6H7F3O4. The molecule has 1 saturated heterocycles. The highest BCUT2D eigenvalue weighted by Crippen LogP contribution is 2.15. The number of carbonyl (C=O) groups excluding carboxylic acids is 1.